The van der Waals surface area contributed by atoms with Gasteiger partial charge in [0.15, 0.2) is 5.11 Å². The third-order valence-electron chi connectivity index (χ3n) is 3.25. The summed E-state index contributed by atoms with van der Waals surface area (Å²) >= 11 is 17.4. The van der Waals surface area contributed by atoms with Gasteiger partial charge in [0.1, 0.15) is 0 Å². The molecule has 2 rings (SSSR count). The number of hydrogen-bond donors (Lipinski definition) is 2. The van der Waals surface area contributed by atoms with Crippen molar-refractivity contribution in [2.45, 2.75) is 26.8 Å². The molecule has 0 bridgehead atoms. The second-order valence-corrected chi connectivity index (χ2v) is 6.12. The first kappa shape index (κ1) is 17.1. The van der Waals surface area contributed by atoms with E-state index in [0.717, 1.165) is 41.6 Å². The van der Waals surface area contributed by atoms with Gasteiger partial charge in [0.2, 0.25) is 0 Å². The van der Waals surface area contributed by atoms with E-state index in [1.807, 2.05) is 42.8 Å². The van der Waals surface area contributed by atoms with Crippen molar-refractivity contribution < 1.29 is 0 Å². The number of rotatable bonds is 5. The largest absolute Gasteiger partial charge is 0.362 e. The van der Waals surface area contributed by atoms with E-state index >= 15 is 0 Å². The van der Waals surface area contributed by atoms with E-state index < -0.39 is 0 Å². The van der Waals surface area contributed by atoms with Crippen molar-refractivity contribution >= 4 is 46.2 Å². The number of aryl methyl sites for hydroxylation is 2. The maximum atomic E-state index is 6.12. The van der Waals surface area contributed by atoms with Crippen LogP contribution < -0.4 is 10.6 Å². The first-order valence-corrected chi connectivity index (χ1v) is 8.14. The Kier molecular flexibility index (Phi) is 6.06. The van der Waals surface area contributed by atoms with Gasteiger partial charge in [0.05, 0.1) is 27.1 Å². The standard InChI is InChI=1S/C15H18Cl2N4S/c1-10-14(17)11(2)21(20-10)9-5-8-18-15(22)19-13-7-4-3-6-12(13)16/h3-4,6-7H,5,8-9H2,1-2H3,(H2,18,19,22). The Morgan fingerprint density at radius 2 is 2.00 bits per heavy atom. The second kappa shape index (κ2) is 7.81. The zero-order chi connectivity index (χ0) is 16.1. The summed E-state index contributed by atoms with van der Waals surface area (Å²) in [4.78, 5) is 0. The van der Waals surface area contributed by atoms with Gasteiger partial charge in [-0.25, -0.2) is 0 Å². The molecule has 0 radical (unpaired) electrons. The van der Waals surface area contributed by atoms with Crippen molar-refractivity contribution in [2.75, 3.05) is 11.9 Å². The highest BCUT2D eigenvalue weighted by molar-refractivity contribution is 7.80. The van der Waals surface area contributed by atoms with Crippen LogP contribution in [0.25, 0.3) is 0 Å². The molecule has 0 fully saturated rings. The molecule has 0 aliphatic heterocycles. The van der Waals surface area contributed by atoms with Crippen LogP contribution >= 0.6 is 35.4 Å². The SMILES string of the molecule is Cc1nn(CCCNC(=S)Nc2ccccc2Cl)c(C)c1Cl. The van der Waals surface area contributed by atoms with Gasteiger partial charge in [-0.2, -0.15) is 5.10 Å². The van der Waals surface area contributed by atoms with Gasteiger partial charge < -0.3 is 10.6 Å². The highest BCUT2D eigenvalue weighted by atomic mass is 35.5. The number of benzene rings is 1. The van der Waals surface area contributed by atoms with Gasteiger partial charge in [-0.15, -0.1) is 0 Å². The second-order valence-electron chi connectivity index (χ2n) is 4.92. The third-order valence-corrected chi connectivity index (χ3v) is 4.37. The van der Waals surface area contributed by atoms with Crippen LogP contribution in [-0.4, -0.2) is 21.4 Å². The van der Waals surface area contributed by atoms with Gasteiger partial charge >= 0.3 is 0 Å². The fraction of sp³-hybridized carbons (Fsp3) is 0.333. The predicted molar refractivity (Wildman–Crippen MR) is 97.0 cm³/mol. The topological polar surface area (TPSA) is 41.9 Å². The van der Waals surface area contributed by atoms with Gasteiger partial charge in [-0.05, 0) is 44.6 Å². The molecule has 2 aromatic rings. The maximum absolute atomic E-state index is 6.12. The summed E-state index contributed by atoms with van der Waals surface area (Å²) in [6.45, 7) is 5.42. The lowest BCUT2D eigenvalue weighted by atomic mass is 10.3. The molecule has 4 nitrogen and oxygen atoms in total. The van der Waals surface area contributed by atoms with Crippen molar-refractivity contribution in [1.29, 1.82) is 0 Å². The number of para-hydroxylation sites is 1. The summed E-state index contributed by atoms with van der Waals surface area (Å²) in [5.74, 6) is 0. The molecule has 0 atom stereocenters. The Labute approximate surface area is 145 Å². The lowest BCUT2D eigenvalue weighted by Gasteiger charge is -2.11. The molecule has 22 heavy (non-hydrogen) atoms. The third kappa shape index (κ3) is 4.35. The predicted octanol–water partition coefficient (Wildman–Crippen LogP) is 4.18. The zero-order valence-corrected chi connectivity index (χ0v) is 14.8. The number of halogens is 2. The Morgan fingerprint density at radius 3 is 2.64 bits per heavy atom. The fourth-order valence-electron chi connectivity index (χ4n) is 2.05. The lowest BCUT2D eigenvalue weighted by Crippen LogP contribution is -2.30. The molecule has 0 saturated heterocycles. The zero-order valence-electron chi connectivity index (χ0n) is 12.5. The van der Waals surface area contributed by atoms with Crippen molar-refractivity contribution in [3.63, 3.8) is 0 Å². The Hall–Kier alpha value is -1.30. The number of hydrogen-bond acceptors (Lipinski definition) is 2. The molecule has 0 spiro atoms. The van der Waals surface area contributed by atoms with Crippen LogP contribution in [0, 0.1) is 13.8 Å². The Morgan fingerprint density at radius 1 is 1.27 bits per heavy atom. The number of nitrogens with one attached hydrogen (secondary N) is 2. The highest BCUT2D eigenvalue weighted by Crippen LogP contribution is 2.20. The molecular formula is C15H18Cl2N4S. The monoisotopic (exact) mass is 356 g/mol. The maximum Gasteiger partial charge on any atom is 0.170 e. The molecule has 118 valence electrons. The van der Waals surface area contributed by atoms with Crippen molar-refractivity contribution in [3.8, 4) is 0 Å². The molecule has 0 aliphatic rings. The smallest absolute Gasteiger partial charge is 0.170 e. The van der Waals surface area contributed by atoms with Crippen molar-refractivity contribution in [1.82, 2.24) is 15.1 Å². The summed E-state index contributed by atoms with van der Waals surface area (Å²) in [6.07, 6.45) is 0.891. The molecule has 0 unspecified atom stereocenters. The van der Waals surface area contributed by atoms with Gasteiger partial charge in [-0.3, -0.25) is 4.68 Å². The summed E-state index contributed by atoms with van der Waals surface area (Å²) in [6, 6.07) is 7.49. The minimum absolute atomic E-state index is 0.555. The van der Waals surface area contributed by atoms with E-state index in [0.29, 0.717) is 10.1 Å². The van der Waals surface area contributed by atoms with Crippen molar-refractivity contribution in [2.24, 2.45) is 0 Å². The van der Waals surface area contributed by atoms with Crippen LogP contribution in [0.3, 0.4) is 0 Å². The molecule has 7 heteroatoms. The summed E-state index contributed by atoms with van der Waals surface area (Å²) < 4.78 is 1.92. The molecule has 1 aromatic heterocycles. The van der Waals surface area contributed by atoms with Crippen LogP contribution in [0.15, 0.2) is 24.3 Å². The van der Waals surface area contributed by atoms with Crippen LogP contribution in [-0.2, 0) is 6.54 Å². The number of thiocarbonyl (C=S) groups is 1. The van der Waals surface area contributed by atoms with Crippen LogP contribution in [0.1, 0.15) is 17.8 Å². The van der Waals surface area contributed by atoms with Gasteiger partial charge in [0.25, 0.3) is 0 Å². The average Bonchev–Trinajstić information content (AvgIpc) is 2.73. The van der Waals surface area contributed by atoms with Crippen LogP contribution in [0.2, 0.25) is 10.0 Å². The lowest BCUT2D eigenvalue weighted by molar-refractivity contribution is 0.558. The van der Waals surface area contributed by atoms with E-state index in [4.69, 9.17) is 35.4 Å². The summed E-state index contributed by atoms with van der Waals surface area (Å²) in [7, 11) is 0. The normalized spacial score (nSPS) is 10.5. The van der Waals surface area contributed by atoms with Crippen molar-refractivity contribution in [3.05, 3.63) is 45.7 Å². The van der Waals surface area contributed by atoms with E-state index in [2.05, 4.69) is 15.7 Å². The highest BCUT2D eigenvalue weighted by Gasteiger charge is 2.08. The molecule has 0 aliphatic carbocycles. The number of aromatic nitrogens is 2. The quantitative estimate of drug-likeness (QED) is 0.622. The Balaban J connectivity index is 1.76. The summed E-state index contributed by atoms with van der Waals surface area (Å²) in [5, 5.41) is 12.6. The van der Waals surface area contributed by atoms with E-state index in [1.165, 1.54) is 0 Å². The van der Waals surface area contributed by atoms with E-state index in [1.54, 1.807) is 0 Å². The average molecular weight is 357 g/mol. The van der Waals surface area contributed by atoms with Gasteiger partial charge in [0, 0.05) is 13.1 Å². The first-order chi connectivity index (χ1) is 10.5. The Bertz CT molecular complexity index is 670. The van der Waals surface area contributed by atoms with E-state index in [9.17, 15) is 0 Å². The number of anilines is 1. The van der Waals surface area contributed by atoms with E-state index in [-0.39, 0.29) is 0 Å². The number of nitrogens with zero attached hydrogens (tertiary/aromatic N) is 2. The van der Waals surface area contributed by atoms with Gasteiger partial charge in [-0.1, -0.05) is 35.3 Å². The summed E-state index contributed by atoms with van der Waals surface area (Å²) in [5.41, 5.74) is 2.66. The minimum Gasteiger partial charge on any atom is -0.362 e. The first-order valence-electron chi connectivity index (χ1n) is 6.98. The molecule has 1 heterocycles. The molecule has 2 N–H and O–H groups in total. The fourth-order valence-corrected chi connectivity index (χ4v) is 2.58. The van der Waals surface area contributed by atoms with Crippen LogP contribution in [0.4, 0.5) is 5.69 Å². The van der Waals surface area contributed by atoms with Crippen LogP contribution in [0.5, 0.6) is 0 Å². The minimum atomic E-state index is 0.555. The molecule has 0 saturated carbocycles. The molecule has 1 aromatic carbocycles. The molecule has 0 amide bonds. The molecular weight excluding hydrogens is 339 g/mol.